The Morgan fingerprint density at radius 2 is 2.00 bits per heavy atom. The summed E-state index contributed by atoms with van der Waals surface area (Å²) < 4.78 is 34.6. The monoisotopic (exact) mass is 256 g/mol. The number of hydrogen-bond acceptors (Lipinski definition) is 5. The third-order valence-corrected chi connectivity index (χ3v) is 3.02. The number of nitro groups is 1. The van der Waals surface area contributed by atoms with Crippen molar-refractivity contribution in [3.63, 3.8) is 0 Å². The molecule has 0 aliphatic rings. The predicted octanol–water partition coefficient (Wildman–Crippen LogP) is 1.80. The summed E-state index contributed by atoms with van der Waals surface area (Å²) in [4.78, 5) is 13.0. The molecular weight excluding hydrogens is 251 g/mol. The molecule has 0 saturated carbocycles. The normalized spacial score (nSPS) is 11.6. The van der Waals surface area contributed by atoms with E-state index in [1.807, 2.05) is 0 Å². The van der Waals surface area contributed by atoms with Crippen LogP contribution in [-0.4, -0.2) is 18.3 Å². The van der Waals surface area contributed by atoms with Crippen LogP contribution in [-0.2, 0) is 10.2 Å². The number of halogens is 1. The maximum absolute atomic E-state index is 12.9. The van der Waals surface area contributed by atoms with Crippen molar-refractivity contribution in [2.45, 2.75) is 4.90 Å². The molecule has 6 nitrogen and oxygen atoms in total. The van der Waals surface area contributed by atoms with Gasteiger partial charge in [0, 0.05) is 12.3 Å². The average molecular weight is 256 g/mol. The van der Waals surface area contributed by atoms with Crippen molar-refractivity contribution in [3.05, 3.63) is 40.6 Å². The minimum atomic E-state index is -4.96. The van der Waals surface area contributed by atoms with E-state index in [-0.39, 0.29) is 16.6 Å². The second kappa shape index (κ2) is 3.74. The van der Waals surface area contributed by atoms with Crippen LogP contribution >= 0.6 is 0 Å². The molecule has 17 heavy (non-hydrogen) atoms. The molecule has 0 fully saturated rings. The molecule has 1 aromatic heterocycles. The summed E-state index contributed by atoms with van der Waals surface area (Å²) in [6.07, 6.45) is 1.24. The number of rotatable bonds is 2. The SMILES string of the molecule is O=[N+]([O-])c1ccc(S(=O)(=O)F)c2ncccc12. The van der Waals surface area contributed by atoms with Gasteiger partial charge in [-0.2, -0.15) is 8.42 Å². The molecule has 0 radical (unpaired) electrons. The topological polar surface area (TPSA) is 90.2 Å². The molecule has 8 heteroatoms. The Morgan fingerprint density at radius 3 is 2.59 bits per heavy atom. The highest BCUT2D eigenvalue weighted by atomic mass is 32.3. The molecule has 0 atom stereocenters. The van der Waals surface area contributed by atoms with Crippen LogP contribution in [0.4, 0.5) is 9.57 Å². The van der Waals surface area contributed by atoms with Crippen molar-refractivity contribution in [1.82, 2.24) is 4.98 Å². The van der Waals surface area contributed by atoms with Crippen LogP contribution in [0.15, 0.2) is 35.4 Å². The zero-order valence-corrected chi connectivity index (χ0v) is 9.02. The van der Waals surface area contributed by atoms with E-state index < -0.39 is 20.0 Å². The van der Waals surface area contributed by atoms with Gasteiger partial charge in [0.05, 0.1) is 15.8 Å². The largest absolute Gasteiger partial charge is 0.334 e. The van der Waals surface area contributed by atoms with Gasteiger partial charge in [0.15, 0.2) is 0 Å². The van der Waals surface area contributed by atoms with Crippen LogP contribution in [0, 0.1) is 10.1 Å². The average Bonchev–Trinajstić information content (AvgIpc) is 2.26. The fourth-order valence-corrected chi connectivity index (χ4v) is 2.11. The number of pyridine rings is 1. The molecule has 0 N–H and O–H groups in total. The third kappa shape index (κ3) is 1.94. The summed E-state index contributed by atoms with van der Waals surface area (Å²) in [6.45, 7) is 0. The Balaban J connectivity index is 2.95. The first-order valence-electron chi connectivity index (χ1n) is 4.38. The molecule has 0 amide bonds. The van der Waals surface area contributed by atoms with E-state index in [1.54, 1.807) is 0 Å². The van der Waals surface area contributed by atoms with Crippen LogP contribution in [0.25, 0.3) is 10.9 Å². The zero-order valence-electron chi connectivity index (χ0n) is 8.20. The van der Waals surface area contributed by atoms with Gasteiger partial charge in [-0.1, -0.05) is 0 Å². The molecule has 0 unspecified atom stereocenters. The van der Waals surface area contributed by atoms with Gasteiger partial charge in [0.25, 0.3) is 5.69 Å². The van der Waals surface area contributed by atoms with Gasteiger partial charge in [0.1, 0.15) is 4.90 Å². The lowest BCUT2D eigenvalue weighted by Gasteiger charge is -2.02. The van der Waals surface area contributed by atoms with Crippen molar-refractivity contribution in [1.29, 1.82) is 0 Å². The van der Waals surface area contributed by atoms with Gasteiger partial charge >= 0.3 is 10.2 Å². The Bertz CT molecular complexity index is 714. The zero-order chi connectivity index (χ0) is 12.6. The summed E-state index contributed by atoms with van der Waals surface area (Å²) in [5.74, 6) is 0. The standard InChI is InChI=1S/C9H5FN2O4S/c10-17(15,16)8-4-3-7(12(13)14)6-2-1-5-11-9(6)8/h1-5H. The van der Waals surface area contributed by atoms with Crippen LogP contribution < -0.4 is 0 Å². The number of fused-ring (bicyclic) bond motifs is 1. The van der Waals surface area contributed by atoms with Crippen molar-refractivity contribution in [3.8, 4) is 0 Å². The molecule has 1 aromatic carbocycles. The highest BCUT2D eigenvalue weighted by molar-refractivity contribution is 7.86. The van der Waals surface area contributed by atoms with E-state index in [1.165, 1.54) is 18.3 Å². The Kier molecular flexibility index (Phi) is 2.50. The smallest absolute Gasteiger partial charge is 0.258 e. The van der Waals surface area contributed by atoms with E-state index in [2.05, 4.69) is 4.98 Å². The van der Waals surface area contributed by atoms with E-state index in [4.69, 9.17) is 0 Å². The second-order valence-corrected chi connectivity index (χ2v) is 4.49. The summed E-state index contributed by atoms with van der Waals surface area (Å²) >= 11 is 0. The van der Waals surface area contributed by atoms with Gasteiger partial charge in [-0.3, -0.25) is 15.1 Å². The summed E-state index contributed by atoms with van der Waals surface area (Å²) in [5.41, 5.74) is -0.565. The van der Waals surface area contributed by atoms with Gasteiger partial charge in [-0.25, -0.2) is 0 Å². The number of nitro benzene ring substituents is 1. The van der Waals surface area contributed by atoms with Gasteiger partial charge in [-0.15, -0.1) is 3.89 Å². The molecule has 1 heterocycles. The van der Waals surface area contributed by atoms with Crippen molar-refractivity contribution < 1.29 is 17.2 Å². The molecular formula is C9H5FN2O4S. The molecule has 0 saturated heterocycles. The maximum atomic E-state index is 12.9. The fourth-order valence-electron chi connectivity index (χ4n) is 1.49. The van der Waals surface area contributed by atoms with Crippen LogP contribution in [0.2, 0.25) is 0 Å². The van der Waals surface area contributed by atoms with Crippen LogP contribution in [0.3, 0.4) is 0 Å². The maximum Gasteiger partial charge on any atom is 0.334 e. The van der Waals surface area contributed by atoms with Gasteiger partial charge < -0.3 is 0 Å². The van der Waals surface area contributed by atoms with E-state index in [0.717, 1.165) is 12.1 Å². The van der Waals surface area contributed by atoms with Gasteiger partial charge in [-0.05, 0) is 18.2 Å². The summed E-state index contributed by atoms with van der Waals surface area (Å²) in [6, 6.07) is 4.50. The molecule has 0 aliphatic carbocycles. The Labute approximate surface area is 95.1 Å². The molecule has 0 bridgehead atoms. The highest BCUT2D eigenvalue weighted by Crippen LogP contribution is 2.29. The minimum absolute atomic E-state index is 0.0174. The van der Waals surface area contributed by atoms with Crippen molar-refractivity contribution in [2.75, 3.05) is 0 Å². The summed E-state index contributed by atoms with van der Waals surface area (Å²) in [5, 5.41) is 10.7. The first-order valence-corrected chi connectivity index (χ1v) is 5.76. The number of non-ortho nitro benzene ring substituents is 1. The first kappa shape index (κ1) is 11.4. The van der Waals surface area contributed by atoms with E-state index in [0.29, 0.717) is 0 Å². The highest BCUT2D eigenvalue weighted by Gasteiger charge is 2.22. The molecule has 88 valence electrons. The molecule has 0 spiro atoms. The predicted molar refractivity (Wildman–Crippen MR) is 56.7 cm³/mol. The fraction of sp³-hybridized carbons (Fsp3) is 0. The summed E-state index contributed by atoms with van der Waals surface area (Å²) in [7, 11) is -4.96. The minimum Gasteiger partial charge on any atom is -0.258 e. The quantitative estimate of drug-likeness (QED) is 0.464. The Morgan fingerprint density at radius 1 is 1.29 bits per heavy atom. The van der Waals surface area contributed by atoms with Gasteiger partial charge in [0.2, 0.25) is 0 Å². The van der Waals surface area contributed by atoms with Crippen LogP contribution in [0.1, 0.15) is 0 Å². The first-order chi connectivity index (χ1) is 7.91. The number of hydrogen-bond donors (Lipinski definition) is 0. The number of benzene rings is 1. The van der Waals surface area contributed by atoms with Crippen molar-refractivity contribution >= 4 is 26.8 Å². The number of nitrogens with zero attached hydrogens (tertiary/aromatic N) is 2. The lowest BCUT2D eigenvalue weighted by molar-refractivity contribution is -0.383. The number of aromatic nitrogens is 1. The Hall–Kier alpha value is -2.09. The third-order valence-electron chi connectivity index (χ3n) is 2.17. The molecule has 2 aromatic rings. The van der Waals surface area contributed by atoms with E-state index >= 15 is 0 Å². The molecule has 2 rings (SSSR count). The van der Waals surface area contributed by atoms with Crippen LogP contribution in [0.5, 0.6) is 0 Å². The molecule has 0 aliphatic heterocycles. The lowest BCUT2D eigenvalue weighted by Crippen LogP contribution is -1.98. The van der Waals surface area contributed by atoms with E-state index in [9.17, 15) is 22.4 Å². The lowest BCUT2D eigenvalue weighted by atomic mass is 10.2. The second-order valence-electron chi connectivity index (χ2n) is 3.18. The van der Waals surface area contributed by atoms with Crippen molar-refractivity contribution in [2.24, 2.45) is 0 Å².